The van der Waals surface area contributed by atoms with Crippen molar-refractivity contribution >= 4 is 5.97 Å². The number of carbonyl (C=O) groups is 1. The van der Waals surface area contributed by atoms with Gasteiger partial charge < -0.3 is 14.0 Å². The smallest absolute Gasteiger partial charge is 0.417 e. The average molecular weight is 613 g/mol. The molecule has 3 heterocycles. The molecule has 0 saturated carbocycles. The lowest BCUT2D eigenvalue weighted by Gasteiger charge is -2.19. The first-order valence-electron chi connectivity index (χ1n) is 13.6. The van der Waals surface area contributed by atoms with E-state index in [1.165, 1.54) is 53.5 Å². The molecular formula is C30H25F5N6O3. The third-order valence-corrected chi connectivity index (χ3v) is 6.42. The Morgan fingerprint density at radius 2 is 1.70 bits per heavy atom. The molecule has 44 heavy (non-hydrogen) atoms. The Morgan fingerprint density at radius 3 is 2.41 bits per heavy atom. The summed E-state index contributed by atoms with van der Waals surface area (Å²) in [4.78, 5) is 25.8. The van der Waals surface area contributed by atoms with Crippen LogP contribution in [0, 0.1) is 11.6 Å². The first-order valence-corrected chi connectivity index (χ1v) is 13.6. The van der Waals surface area contributed by atoms with Gasteiger partial charge in [-0.15, -0.1) is 0 Å². The molecule has 0 aliphatic carbocycles. The highest BCUT2D eigenvalue weighted by molar-refractivity contribution is 5.78. The van der Waals surface area contributed by atoms with Gasteiger partial charge in [-0.3, -0.25) is 0 Å². The van der Waals surface area contributed by atoms with E-state index in [-0.39, 0.29) is 58.8 Å². The van der Waals surface area contributed by atoms with Gasteiger partial charge in [0.1, 0.15) is 11.4 Å². The fourth-order valence-electron chi connectivity index (χ4n) is 4.36. The van der Waals surface area contributed by atoms with E-state index in [4.69, 9.17) is 9.47 Å². The van der Waals surface area contributed by atoms with E-state index in [1.807, 2.05) is 6.92 Å². The topological polar surface area (TPSA) is 105 Å². The van der Waals surface area contributed by atoms with Crippen molar-refractivity contribution in [1.29, 1.82) is 0 Å². The van der Waals surface area contributed by atoms with E-state index in [0.29, 0.717) is 12.8 Å². The van der Waals surface area contributed by atoms with Crippen LogP contribution in [0.15, 0.2) is 61.1 Å². The molecule has 0 amide bonds. The number of ether oxygens (including phenoxy) is 2. The van der Waals surface area contributed by atoms with Crippen molar-refractivity contribution < 1.29 is 36.2 Å². The molecule has 14 heteroatoms. The van der Waals surface area contributed by atoms with Crippen LogP contribution >= 0.6 is 0 Å². The van der Waals surface area contributed by atoms with Crippen molar-refractivity contribution in [2.75, 3.05) is 13.2 Å². The first-order chi connectivity index (χ1) is 21.1. The largest absolute Gasteiger partial charge is 0.494 e. The quantitative estimate of drug-likeness (QED) is 0.130. The Kier molecular flexibility index (Phi) is 8.78. The van der Waals surface area contributed by atoms with Crippen LogP contribution in [0.3, 0.4) is 0 Å². The van der Waals surface area contributed by atoms with Gasteiger partial charge in [-0.1, -0.05) is 19.9 Å². The maximum absolute atomic E-state index is 14.4. The van der Waals surface area contributed by atoms with E-state index in [0.717, 1.165) is 12.1 Å². The highest BCUT2D eigenvalue weighted by Crippen LogP contribution is 2.39. The predicted molar refractivity (Wildman–Crippen MR) is 147 cm³/mol. The van der Waals surface area contributed by atoms with Gasteiger partial charge in [0.15, 0.2) is 29.3 Å². The molecule has 0 radical (unpaired) electrons. The lowest BCUT2D eigenvalue weighted by Crippen LogP contribution is -2.25. The number of carbonyl (C=O) groups excluding carboxylic acids is 1. The standard InChI is InChI=1S/C30H25F5N6O3/c1-3-12-43-17-8-9-18(20(14-17)30(33,34)35)22-10-11-23(40-39-22)26(29(42)44-13-4-2)41-15-24-28(36-16-41)38-27(37-24)19-6-5-7-21(31)25(19)32/h5-11,14-16,26H,3-4,12-13H2,1-2H3. The molecule has 0 saturated heterocycles. The minimum Gasteiger partial charge on any atom is -0.494 e. The van der Waals surface area contributed by atoms with Gasteiger partial charge in [0.2, 0.25) is 0 Å². The van der Waals surface area contributed by atoms with Crippen LogP contribution in [0.5, 0.6) is 5.75 Å². The average Bonchev–Trinajstić information content (AvgIpc) is 3.43. The zero-order valence-corrected chi connectivity index (χ0v) is 23.5. The second-order valence-corrected chi connectivity index (χ2v) is 9.65. The van der Waals surface area contributed by atoms with E-state index >= 15 is 0 Å². The van der Waals surface area contributed by atoms with Crippen LogP contribution in [-0.2, 0) is 15.7 Å². The summed E-state index contributed by atoms with van der Waals surface area (Å²) in [5.41, 5.74) is -1.21. The summed E-state index contributed by atoms with van der Waals surface area (Å²) in [6, 6.07) is 8.61. The number of halogens is 5. The summed E-state index contributed by atoms with van der Waals surface area (Å²) >= 11 is 0. The Bertz CT molecular complexity index is 1740. The molecule has 1 unspecified atom stereocenters. The predicted octanol–water partition coefficient (Wildman–Crippen LogP) is 6.53. The summed E-state index contributed by atoms with van der Waals surface area (Å²) in [6.45, 7) is 4.00. The van der Waals surface area contributed by atoms with Gasteiger partial charge in [0.25, 0.3) is 0 Å². The fraction of sp³-hybridized carbons (Fsp3) is 0.267. The number of hydrogen-bond acceptors (Lipinski definition) is 8. The number of aromatic nitrogens is 6. The van der Waals surface area contributed by atoms with Gasteiger partial charge in [0, 0.05) is 11.8 Å². The number of imidazole rings is 1. The van der Waals surface area contributed by atoms with Gasteiger partial charge in [-0.25, -0.2) is 28.5 Å². The second-order valence-electron chi connectivity index (χ2n) is 9.65. The number of esters is 1. The normalized spacial score (nSPS) is 12.3. The summed E-state index contributed by atoms with van der Waals surface area (Å²) < 4.78 is 82.0. The number of hydrogen-bond donors (Lipinski definition) is 0. The van der Waals surface area contributed by atoms with Crippen LogP contribution in [0.4, 0.5) is 22.0 Å². The SMILES string of the molecule is CCCOC(=O)C(c1ccc(-c2ccc(OCCC)cc2C(F)(F)F)nn1)n1cnc2nc(-c3cccc(F)c3F)nc-2c1. The molecule has 9 nitrogen and oxygen atoms in total. The molecule has 2 aromatic carbocycles. The fourth-order valence-corrected chi connectivity index (χ4v) is 4.36. The third kappa shape index (κ3) is 6.33. The Morgan fingerprint density at radius 1 is 0.909 bits per heavy atom. The van der Waals surface area contributed by atoms with Crippen LogP contribution < -0.4 is 4.74 Å². The van der Waals surface area contributed by atoms with E-state index < -0.39 is 35.4 Å². The van der Waals surface area contributed by atoms with Crippen molar-refractivity contribution in [1.82, 2.24) is 29.7 Å². The van der Waals surface area contributed by atoms with E-state index in [9.17, 15) is 26.7 Å². The molecular weight excluding hydrogens is 587 g/mol. The molecule has 2 aliphatic rings. The summed E-state index contributed by atoms with van der Waals surface area (Å²) in [6.07, 6.45) is -0.880. The minimum absolute atomic E-state index is 0.0494. The number of alkyl halides is 3. The highest BCUT2D eigenvalue weighted by atomic mass is 19.4. The van der Waals surface area contributed by atoms with E-state index in [1.54, 1.807) is 6.92 Å². The number of nitrogens with zero attached hydrogens (tertiary/aromatic N) is 6. The van der Waals surface area contributed by atoms with Crippen LogP contribution in [0.1, 0.15) is 44.0 Å². The molecule has 3 aromatic rings. The third-order valence-electron chi connectivity index (χ3n) is 6.42. The molecule has 1 atom stereocenters. The Balaban J connectivity index is 1.52. The zero-order chi connectivity index (χ0) is 31.4. The van der Waals surface area contributed by atoms with Crippen LogP contribution in [0.2, 0.25) is 0 Å². The van der Waals surface area contributed by atoms with Crippen molar-refractivity contribution in [2.24, 2.45) is 0 Å². The maximum Gasteiger partial charge on any atom is 0.417 e. The second kappa shape index (κ2) is 12.7. The summed E-state index contributed by atoms with van der Waals surface area (Å²) in [7, 11) is 0. The lowest BCUT2D eigenvalue weighted by atomic mass is 10.0. The molecule has 0 N–H and O–H groups in total. The van der Waals surface area contributed by atoms with Crippen LogP contribution in [0.25, 0.3) is 34.2 Å². The molecule has 5 rings (SSSR count). The highest BCUT2D eigenvalue weighted by Gasteiger charge is 2.35. The van der Waals surface area contributed by atoms with Crippen molar-refractivity contribution in [3.8, 4) is 39.9 Å². The van der Waals surface area contributed by atoms with Gasteiger partial charge >= 0.3 is 12.1 Å². The monoisotopic (exact) mass is 612 g/mol. The molecule has 1 aromatic heterocycles. The van der Waals surface area contributed by atoms with Gasteiger partial charge in [-0.05, 0) is 55.3 Å². The number of benzene rings is 2. The van der Waals surface area contributed by atoms with E-state index in [2.05, 4.69) is 25.1 Å². The zero-order valence-electron chi connectivity index (χ0n) is 23.5. The van der Waals surface area contributed by atoms with Gasteiger partial charge in [-0.2, -0.15) is 23.4 Å². The van der Waals surface area contributed by atoms with Crippen molar-refractivity contribution in [3.63, 3.8) is 0 Å². The maximum atomic E-state index is 14.4. The molecule has 0 fully saturated rings. The number of rotatable bonds is 10. The molecule has 0 bridgehead atoms. The van der Waals surface area contributed by atoms with Crippen molar-refractivity contribution in [3.05, 3.63) is 83.9 Å². The molecule has 228 valence electrons. The lowest BCUT2D eigenvalue weighted by molar-refractivity contribution is -0.146. The molecule has 2 aliphatic heterocycles. The number of fused-ring (bicyclic) bond motifs is 1. The first kappa shape index (κ1) is 30.4. The minimum atomic E-state index is -4.70. The van der Waals surface area contributed by atoms with Gasteiger partial charge in [0.05, 0.1) is 42.1 Å². The Labute approximate surface area is 248 Å². The van der Waals surface area contributed by atoms with Crippen molar-refractivity contribution in [2.45, 2.75) is 38.9 Å². The molecule has 0 spiro atoms. The van der Waals surface area contributed by atoms with Crippen LogP contribution in [-0.4, -0.2) is 48.9 Å². The Hall–Kier alpha value is -5.01. The summed E-state index contributed by atoms with van der Waals surface area (Å²) in [5, 5.41) is 8.10. The summed E-state index contributed by atoms with van der Waals surface area (Å²) in [5.74, 6) is -2.85.